The van der Waals surface area contributed by atoms with E-state index in [1.54, 1.807) is 30.6 Å². The summed E-state index contributed by atoms with van der Waals surface area (Å²) in [4.78, 5) is 4.12. The van der Waals surface area contributed by atoms with E-state index in [1.807, 2.05) is 18.2 Å². The normalized spacial score (nSPS) is 11.7. The number of aromatic nitrogens is 1. The van der Waals surface area contributed by atoms with Gasteiger partial charge in [-0.05, 0) is 41.0 Å². The number of nitrogens with zero attached hydrogens (tertiary/aromatic N) is 2. The highest BCUT2D eigenvalue weighted by Crippen LogP contribution is 2.32. The van der Waals surface area contributed by atoms with Gasteiger partial charge < -0.3 is 4.55 Å². The van der Waals surface area contributed by atoms with Crippen molar-refractivity contribution < 1.29 is 13.2 Å². The summed E-state index contributed by atoms with van der Waals surface area (Å²) >= 11 is -2.09. The average Bonchev–Trinajstić information content (AvgIpc) is 2.63. The first-order valence-corrected chi connectivity index (χ1v) is 8.67. The van der Waals surface area contributed by atoms with E-state index in [2.05, 4.69) is 11.1 Å². The van der Waals surface area contributed by atoms with Crippen molar-refractivity contribution in [2.75, 3.05) is 0 Å². The van der Waals surface area contributed by atoms with E-state index in [1.165, 1.54) is 12.1 Å². The van der Waals surface area contributed by atoms with E-state index in [0.29, 0.717) is 11.1 Å². The molecule has 1 aromatic heterocycles. The summed E-state index contributed by atoms with van der Waals surface area (Å²) in [6.07, 6.45) is 3.29. The summed E-state index contributed by atoms with van der Waals surface area (Å²) in [7, 11) is 0. The van der Waals surface area contributed by atoms with Crippen LogP contribution in [0.15, 0.2) is 60.9 Å². The molecule has 3 rings (SSSR count). The fraction of sp³-hybridized carbons (Fsp3) is 0.0526. The number of halogens is 1. The zero-order valence-corrected chi connectivity index (χ0v) is 13.8. The largest absolute Gasteiger partial charge is 0.306 e. The molecule has 0 aliphatic heterocycles. The average molecular weight is 352 g/mol. The molecule has 0 radical (unpaired) electrons. The smallest absolute Gasteiger partial charge is 0.157 e. The van der Waals surface area contributed by atoms with Crippen molar-refractivity contribution in [1.82, 2.24) is 4.98 Å². The summed E-state index contributed by atoms with van der Waals surface area (Å²) in [5, 5.41) is 8.91. The highest BCUT2D eigenvalue weighted by molar-refractivity contribution is 7.78. The van der Waals surface area contributed by atoms with Gasteiger partial charge in [0.1, 0.15) is 5.82 Å². The fourth-order valence-corrected chi connectivity index (χ4v) is 3.07. The molecule has 1 atom stereocenters. The third-order valence-electron chi connectivity index (χ3n) is 3.79. The van der Waals surface area contributed by atoms with Gasteiger partial charge in [0.15, 0.2) is 11.1 Å². The molecule has 1 heterocycles. The molecule has 1 unspecified atom stereocenters. The molecule has 1 N–H and O–H groups in total. The third-order valence-corrected chi connectivity index (χ3v) is 4.35. The topological polar surface area (TPSA) is 74.0 Å². The first kappa shape index (κ1) is 17.0. The lowest BCUT2D eigenvalue weighted by Crippen LogP contribution is -1.97. The molecule has 0 saturated carbocycles. The van der Waals surface area contributed by atoms with Crippen molar-refractivity contribution in [3.05, 3.63) is 77.9 Å². The Kier molecular flexibility index (Phi) is 4.98. The molecule has 0 fully saturated rings. The highest BCUT2D eigenvalue weighted by atomic mass is 32.2. The Hall–Kier alpha value is -2.88. The summed E-state index contributed by atoms with van der Waals surface area (Å²) in [6.45, 7) is 0. The first-order chi connectivity index (χ1) is 12.1. The van der Waals surface area contributed by atoms with Gasteiger partial charge in [0.25, 0.3) is 0 Å². The molecule has 0 amide bonds. The lowest BCUT2D eigenvalue weighted by atomic mass is 9.95. The van der Waals surface area contributed by atoms with E-state index in [9.17, 15) is 8.60 Å². The third kappa shape index (κ3) is 3.79. The molecule has 2 aromatic carbocycles. The molecule has 124 valence electrons. The van der Waals surface area contributed by atoms with Crippen molar-refractivity contribution in [2.45, 2.75) is 5.75 Å². The molecule has 6 heteroatoms. The first-order valence-electron chi connectivity index (χ1n) is 7.39. The van der Waals surface area contributed by atoms with E-state index in [-0.39, 0.29) is 11.3 Å². The predicted octanol–water partition coefficient (Wildman–Crippen LogP) is 4.15. The van der Waals surface area contributed by atoms with Crippen molar-refractivity contribution in [3.8, 4) is 28.3 Å². The standard InChI is InChI=1S/C19H13FN2O2S/c20-19-9-15(5-6-16(19)12-25(23)24)18-11-22-8-7-17(18)14-3-1-13(10-21)2-4-14/h1-9,11H,12H2,(H,23,24). The number of pyridine rings is 1. The second kappa shape index (κ2) is 7.34. The van der Waals surface area contributed by atoms with Crippen molar-refractivity contribution in [3.63, 3.8) is 0 Å². The van der Waals surface area contributed by atoms with Crippen LogP contribution in [0.25, 0.3) is 22.3 Å². The Balaban J connectivity index is 2.05. The maximum absolute atomic E-state index is 14.2. The van der Waals surface area contributed by atoms with Crippen molar-refractivity contribution in [1.29, 1.82) is 5.26 Å². The number of benzene rings is 2. The Morgan fingerprint density at radius 1 is 1.08 bits per heavy atom. The molecule has 4 nitrogen and oxygen atoms in total. The van der Waals surface area contributed by atoms with E-state index < -0.39 is 16.9 Å². The van der Waals surface area contributed by atoms with E-state index >= 15 is 0 Å². The second-order valence-electron chi connectivity index (χ2n) is 5.38. The predicted molar refractivity (Wildman–Crippen MR) is 94.3 cm³/mol. The Morgan fingerprint density at radius 2 is 1.80 bits per heavy atom. The van der Waals surface area contributed by atoms with Gasteiger partial charge in [-0.2, -0.15) is 5.26 Å². The summed E-state index contributed by atoms with van der Waals surface area (Å²) in [5.74, 6) is -0.781. The molecular formula is C19H13FN2O2S. The van der Waals surface area contributed by atoms with Crippen molar-refractivity contribution >= 4 is 11.1 Å². The summed E-state index contributed by atoms with van der Waals surface area (Å²) in [5.41, 5.74) is 3.86. The minimum Gasteiger partial charge on any atom is -0.306 e. The van der Waals surface area contributed by atoms with E-state index in [4.69, 9.17) is 9.81 Å². The van der Waals surface area contributed by atoms with Gasteiger partial charge >= 0.3 is 0 Å². The van der Waals surface area contributed by atoms with Crippen LogP contribution in [0.2, 0.25) is 0 Å². The minimum absolute atomic E-state index is 0.188. The van der Waals surface area contributed by atoms with Crippen LogP contribution in [0, 0.1) is 17.1 Å². The minimum atomic E-state index is -2.09. The van der Waals surface area contributed by atoms with Gasteiger partial charge in [-0.3, -0.25) is 4.98 Å². The molecule has 25 heavy (non-hydrogen) atoms. The Labute approximate surface area is 146 Å². The number of hydrogen-bond donors (Lipinski definition) is 1. The maximum atomic E-state index is 14.2. The molecular weight excluding hydrogens is 339 g/mol. The molecule has 0 saturated heterocycles. The van der Waals surface area contributed by atoms with Crippen LogP contribution in [0.3, 0.4) is 0 Å². The van der Waals surface area contributed by atoms with Gasteiger partial charge in [0.2, 0.25) is 0 Å². The molecule has 0 bridgehead atoms. The van der Waals surface area contributed by atoms with Crippen LogP contribution >= 0.6 is 0 Å². The monoisotopic (exact) mass is 352 g/mol. The second-order valence-corrected chi connectivity index (χ2v) is 6.31. The van der Waals surface area contributed by atoms with Crippen LogP contribution in [0.4, 0.5) is 4.39 Å². The van der Waals surface area contributed by atoms with Gasteiger partial charge in [0.05, 0.1) is 17.4 Å². The van der Waals surface area contributed by atoms with Gasteiger partial charge in [-0.15, -0.1) is 0 Å². The van der Waals surface area contributed by atoms with Gasteiger partial charge in [-0.1, -0.05) is 24.3 Å². The number of nitriles is 1. The van der Waals surface area contributed by atoms with Crippen LogP contribution in [-0.4, -0.2) is 13.7 Å². The van der Waals surface area contributed by atoms with Crippen LogP contribution < -0.4 is 0 Å². The lowest BCUT2D eigenvalue weighted by molar-refractivity contribution is 0.559. The SMILES string of the molecule is N#Cc1ccc(-c2ccncc2-c2ccc(CS(=O)O)c(F)c2)cc1. The number of hydrogen-bond acceptors (Lipinski definition) is 3. The van der Waals surface area contributed by atoms with Gasteiger partial charge in [0, 0.05) is 23.5 Å². The zero-order chi connectivity index (χ0) is 17.8. The van der Waals surface area contributed by atoms with Crippen LogP contribution in [-0.2, 0) is 16.8 Å². The summed E-state index contributed by atoms with van der Waals surface area (Å²) in [6, 6.07) is 15.6. The number of rotatable bonds is 4. The summed E-state index contributed by atoms with van der Waals surface area (Å²) < 4.78 is 34.0. The van der Waals surface area contributed by atoms with E-state index in [0.717, 1.165) is 16.7 Å². The Bertz CT molecular complexity index is 981. The molecule has 0 aliphatic rings. The highest BCUT2D eigenvalue weighted by Gasteiger charge is 2.11. The molecule has 0 spiro atoms. The molecule has 3 aromatic rings. The van der Waals surface area contributed by atoms with Crippen LogP contribution in [0.1, 0.15) is 11.1 Å². The van der Waals surface area contributed by atoms with Crippen LogP contribution in [0.5, 0.6) is 0 Å². The quantitative estimate of drug-likeness (QED) is 0.716. The van der Waals surface area contributed by atoms with Crippen molar-refractivity contribution in [2.24, 2.45) is 0 Å². The Morgan fingerprint density at radius 3 is 2.44 bits per heavy atom. The van der Waals surface area contributed by atoms with Gasteiger partial charge in [-0.25, -0.2) is 8.60 Å². The molecule has 0 aliphatic carbocycles. The maximum Gasteiger partial charge on any atom is 0.157 e. The lowest BCUT2D eigenvalue weighted by Gasteiger charge is -2.11. The fourth-order valence-electron chi connectivity index (χ4n) is 2.57. The zero-order valence-electron chi connectivity index (χ0n) is 13.0.